The molecule has 0 saturated carbocycles. The van der Waals surface area contributed by atoms with Crippen LogP contribution in [0.1, 0.15) is 40.5 Å². The molecule has 0 aliphatic carbocycles. The van der Waals surface area contributed by atoms with E-state index in [-0.39, 0.29) is 5.60 Å². The zero-order valence-corrected chi connectivity index (χ0v) is 21.4. The second-order valence-electron chi connectivity index (χ2n) is 7.98. The van der Waals surface area contributed by atoms with Crippen LogP contribution in [-0.4, -0.2) is 68.4 Å². The largest absolute Gasteiger partial charge is 0.462 e. The molecule has 1 atom stereocenters. The summed E-state index contributed by atoms with van der Waals surface area (Å²) in [6.45, 7) is 10.1. The highest BCUT2D eigenvalue weighted by Crippen LogP contribution is 2.15. The first-order valence-corrected chi connectivity index (χ1v) is 11.4. The minimum atomic E-state index is -0.318. The molecule has 0 bridgehead atoms. The third-order valence-electron chi connectivity index (χ3n) is 3.65. The van der Waals surface area contributed by atoms with Crippen molar-refractivity contribution in [2.24, 2.45) is 5.92 Å². The van der Waals surface area contributed by atoms with Crippen molar-refractivity contribution < 1.29 is 18.8 Å². The molecule has 2 heterocycles. The Morgan fingerprint density at radius 3 is 2.25 bits per heavy atom. The summed E-state index contributed by atoms with van der Waals surface area (Å²) in [5, 5.41) is 3.99. The van der Waals surface area contributed by atoms with E-state index in [4.69, 9.17) is 0 Å². The highest BCUT2D eigenvalue weighted by atomic mass is 32.1. The van der Waals surface area contributed by atoms with E-state index < -0.39 is 0 Å². The molecule has 1 saturated heterocycles. The van der Waals surface area contributed by atoms with Gasteiger partial charge in [0.05, 0.1) is 4.70 Å². The molecule has 1 aromatic heterocycles. The van der Waals surface area contributed by atoms with Crippen LogP contribution >= 0.6 is 11.5 Å². The van der Waals surface area contributed by atoms with Crippen molar-refractivity contribution in [3.05, 3.63) is 30.5 Å². The number of hydrogen-bond acceptors (Lipinski definition) is 8. The number of nitrogens with zero attached hydrogens (tertiary/aromatic N) is 2. The van der Waals surface area contributed by atoms with Gasteiger partial charge in [-0.25, -0.2) is 0 Å². The lowest BCUT2D eigenvalue weighted by molar-refractivity contribution is -0.138. The number of nitrogens with one attached hydrogen (secondary N) is 2. The fourth-order valence-electron chi connectivity index (χ4n) is 2.27. The third-order valence-corrected chi connectivity index (χ3v) is 4.43. The van der Waals surface area contributed by atoms with Crippen molar-refractivity contribution in [2.75, 3.05) is 40.8 Å². The van der Waals surface area contributed by atoms with Gasteiger partial charge in [-0.2, -0.15) is 9.91 Å². The Morgan fingerprint density at radius 1 is 1.28 bits per heavy atom. The zero-order valence-electron chi connectivity index (χ0n) is 20.6. The predicted molar refractivity (Wildman–Crippen MR) is 133 cm³/mol. The molecule has 3 rings (SSSR count). The second kappa shape index (κ2) is 20.9. The smallest absolute Gasteiger partial charge is 0.293 e. The molecule has 1 aliphatic rings. The van der Waals surface area contributed by atoms with Crippen LogP contribution in [0.25, 0.3) is 10.1 Å². The molecule has 0 radical (unpaired) electrons. The summed E-state index contributed by atoms with van der Waals surface area (Å²) in [5.41, 5.74) is 1.11. The van der Waals surface area contributed by atoms with Crippen LogP contribution in [0.15, 0.2) is 30.5 Å². The van der Waals surface area contributed by atoms with Crippen LogP contribution in [0.4, 0.5) is 4.48 Å². The number of benzene rings is 1. The number of ether oxygens (including phenoxy) is 1. The van der Waals surface area contributed by atoms with Gasteiger partial charge in [0.25, 0.3) is 6.47 Å². The summed E-state index contributed by atoms with van der Waals surface area (Å²) >= 11 is 1.54. The number of rotatable bonds is 3. The molecular formula is C23H41FN4O3S. The molecule has 1 fully saturated rings. The lowest BCUT2D eigenvalue weighted by Crippen LogP contribution is -2.32. The highest BCUT2D eigenvalue weighted by molar-refractivity contribution is 7.13. The van der Waals surface area contributed by atoms with Crippen molar-refractivity contribution in [3.63, 3.8) is 0 Å². The van der Waals surface area contributed by atoms with Crippen molar-refractivity contribution >= 4 is 34.4 Å². The number of piperidine rings is 1. The van der Waals surface area contributed by atoms with Gasteiger partial charge in [-0.3, -0.25) is 4.79 Å². The normalized spacial score (nSPS) is 15.2. The van der Waals surface area contributed by atoms with Gasteiger partial charge in [0.15, 0.2) is 0 Å². The van der Waals surface area contributed by atoms with Crippen LogP contribution in [0.3, 0.4) is 0 Å². The molecule has 2 aromatic rings. The van der Waals surface area contributed by atoms with Crippen LogP contribution in [0.5, 0.6) is 0 Å². The van der Waals surface area contributed by atoms with Crippen molar-refractivity contribution in [2.45, 2.75) is 46.1 Å². The molecule has 0 spiro atoms. The van der Waals surface area contributed by atoms with Gasteiger partial charge in [-0.15, -0.1) is 4.48 Å². The molecule has 1 aliphatic heterocycles. The van der Waals surface area contributed by atoms with E-state index in [1.54, 1.807) is 6.92 Å². The van der Waals surface area contributed by atoms with Gasteiger partial charge in [-0.1, -0.05) is 25.1 Å². The van der Waals surface area contributed by atoms with Crippen LogP contribution in [-0.2, 0) is 14.3 Å². The van der Waals surface area contributed by atoms with E-state index in [2.05, 4.69) is 38.5 Å². The first-order chi connectivity index (χ1) is 15.2. The van der Waals surface area contributed by atoms with E-state index in [0.717, 1.165) is 25.8 Å². The SMILES string of the molecule is CC(C)(C)OC=O.CCNF.CN1CCCC(C=O)C1.CNC.c1ccc2sncc2c1. The maximum atomic E-state index is 10.5. The minimum Gasteiger partial charge on any atom is -0.462 e. The molecule has 32 heavy (non-hydrogen) atoms. The van der Waals surface area contributed by atoms with Crippen molar-refractivity contribution in [1.29, 1.82) is 0 Å². The summed E-state index contributed by atoms with van der Waals surface area (Å²) in [5.74, 6) is 0.309. The first kappa shape index (κ1) is 32.2. The average molecular weight is 473 g/mol. The number of aromatic nitrogens is 1. The Kier molecular flexibility index (Phi) is 21.1. The topological polar surface area (TPSA) is 83.6 Å². The van der Waals surface area contributed by atoms with Gasteiger partial charge in [-0.05, 0) is 78.9 Å². The zero-order chi connectivity index (χ0) is 24.8. The second-order valence-corrected chi connectivity index (χ2v) is 8.81. The maximum Gasteiger partial charge on any atom is 0.293 e. The molecular weight excluding hydrogens is 431 g/mol. The average Bonchev–Trinajstić information content (AvgIpc) is 3.23. The number of likely N-dealkylation sites (tertiary alicyclic amines) is 1. The molecule has 1 unspecified atom stereocenters. The fourth-order valence-corrected chi connectivity index (χ4v) is 2.92. The molecule has 9 heteroatoms. The molecule has 7 nitrogen and oxygen atoms in total. The van der Waals surface area contributed by atoms with Crippen LogP contribution in [0, 0.1) is 5.92 Å². The number of hydrogen-bond donors (Lipinski definition) is 2. The Hall–Kier alpha value is -1.94. The van der Waals surface area contributed by atoms with Gasteiger partial charge in [0, 0.05) is 30.6 Å². The van der Waals surface area contributed by atoms with Gasteiger partial charge in [0.2, 0.25) is 0 Å². The number of carbonyl (C=O) groups excluding carboxylic acids is 2. The standard InChI is InChI=1S/C7H13NO.C7H5NS.C5H10O2.C2H6FN.C2H7N/c1-8-4-2-3-7(5-8)6-9;1-2-4-7-6(3-1)5-8-9-7;1-5(2,3)7-4-6;1-2-4-3;1-3-2/h6-7H,2-5H2,1H3;1-5H;4H,1-3H3;4H,2H2,1H3;3H,1-2H3. The van der Waals surface area contributed by atoms with E-state index >= 15 is 0 Å². The maximum absolute atomic E-state index is 10.5. The van der Waals surface area contributed by atoms with Gasteiger partial charge in [0.1, 0.15) is 11.9 Å². The monoisotopic (exact) mass is 472 g/mol. The Morgan fingerprint density at radius 2 is 1.88 bits per heavy atom. The van der Waals surface area contributed by atoms with Crippen molar-refractivity contribution in [3.8, 4) is 0 Å². The lowest BCUT2D eigenvalue weighted by Gasteiger charge is -2.25. The summed E-state index contributed by atoms with van der Waals surface area (Å²) in [6, 6.07) is 8.20. The molecule has 1 aromatic carbocycles. The number of carbonyl (C=O) groups is 2. The van der Waals surface area contributed by atoms with E-state index in [1.807, 2.05) is 53.2 Å². The Bertz CT molecular complexity index is 663. The summed E-state index contributed by atoms with van der Waals surface area (Å²) in [6.07, 6.45) is 5.24. The lowest BCUT2D eigenvalue weighted by atomic mass is 10.0. The van der Waals surface area contributed by atoms with Crippen LogP contribution in [0.2, 0.25) is 0 Å². The first-order valence-electron chi connectivity index (χ1n) is 10.7. The molecule has 2 N–H and O–H groups in total. The quantitative estimate of drug-likeness (QED) is 0.514. The molecule has 184 valence electrons. The Labute approximate surface area is 196 Å². The summed E-state index contributed by atoms with van der Waals surface area (Å²) in [4.78, 5) is 22.1. The van der Waals surface area contributed by atoms with E-state index in [9.17, 15) is 14.1 Å². The Balaban J connectivity index is 0. The fraction of sp³-hybridized carbons (Fsp3) is 0.609. The van der Waals surface area contributed by atoms with Crippen molar-refractivity contribution in [1.82, 2.24) is 20.1 Å². The third kappa shape index (κ3) is 20.0. The van der Waals surface area contributed by atoms with E-state index in [0.29, 0.717) is 18.9 Å². The van der Waals surface area contributed by atoms with Gasteiger partial charge < -0.3 is 19.7 Å². The van der Waals surface area contributed by atoms with E-state index in [1.165, 1.54) is 33.6 Å². The number of aldehydes is 1. The summed E-state index contributed by atoms with van der Waals surface area (Å²) < 4.78 is 20.3. The highest BCUT2D eigenvalue weighted by Gasteiger charge is 2.15. The minimum absolute atomic E-state index is 0.309. The van der Waals surface area contributed by atoms with Crippen LogP contribution < -0.4 is 10.9 Å². The number of fused-ring (bicyclic) bond motifs is 1. The molecule has 0 amide bonds. The summed E-state index contributed by atoms with van der Waals surface area (Å²) in [7, 11) is 5.82. The predicted octanol–water partition coefficient (Wildman–Crippen LogP) is 4.10. The number of halogens is 1. The van der Waals surface area contributed by atoms with Gasteiger partial charge >= 0.3 is 0 Å².